The van der Waals surface area contributed by atoms with Gasteiger partial charge >= 0.3 is 0 Å². The molecule has 74 valence electrons. The molecule has 1 aliphatic heterocycles. The van der Waals surface area contributed by atoms with Crippen LogP contribution < -0.4 is 4.73 Å². The maximum absolute atomic E-state index is 11.3. The van der Waals surface area contributed by atoms with Gasteiger partial charge in [-0.15, -0.1) is 0 Å². The lowest BCUT2D eigenvalue weighted by Crippen LogP contribution is -2.28. The van der Waals surface area contributed by atoms with E-state index in [2.05, 4.69) is 0 Å². The third-order valence-electron chi connectivity index (χ3n) is 2.68. The van der Waals surface area contributed by atoms with E-state index in [-0.39, 0.29) is 11.9 Å². The molecule has 1 amide bonds. The molecular formula is C10H12N2O2. The second-order valence-corrected chi connectivity index (χ2v) is 3.56. The van der Waals surface area contributed by atoms with Crippen LogP contribution in [0, 0.1) is 5.21 Å². The van der Waals surface area contributed by atoms with Crippen LogP contribution in [0.4, 0.5) is 0 Å². The summed E-state index contributed by atoms with van der Waals surface area (Å²) in [6, 6.07) is 3.66. The van der Waals surface area contributed by atoms with E-state index in [1.165, 1.54) is 12.4 Å². The molecule has 0 N–H and O–H groups in total. The van der Waals surface area contributed by atoms with Crippen LogP contribution in [0.2, 0.25) is 0 Å². The summed E-state index contributed by atoms with van der Waals surface area (Å²) in [7, 11) is 1.78. The number of hydrogen-bond donors (Lipinski definition) is 0. The molecule has 0 saturated carbocycles. The average molecular weight is 192 g/mol. The SMILES string of the molecule is CN1C(=O)CC[C@H]1c1ccc[n+]([O-])c1. The van der Waals surface area contributed by atoms with Crippen molar-refractivity contribution >= 4 is 5.91 Å². The van der Waals surface area contributed by atoms with Crippen molar-refractivity contribution in [2.75, 3.05) is 7.05 Å². The second kappa shape index (κ2) is 3.29. The van der Waals surface area contributed by atoms with Crippen molar-refractivity contribution in [2.24, 2.45) is 0 Å². The molecular weight excluding hydrogens is 180 g/mol. The Balaban J connectivity index is 2.28. The largest absolute Gasteiger partial charge is 0.619 e. The monoisotopic (exact) mass is 192 g/mol. The third-order valence-corrected chi connectivity index (χ3v) is 2.68. The van der Waals surface area contributed by atoms with Crippen molar-refractivity contribution in [3.05, 3.63) is 35.3 Å². The van der Waals surface area contributed by atoms with Gasteiger partial charge in [0.05, 0.1) is 6.04 Å². The zero-order valence-electron chi connectivity index (χ0n) is 8.01. The highest BCUT2D eigenvalue weighted by atomic mass is 16.5. The van der Waals surface area contributed by atoms with E-state index in [4.69, 9.17) is 0 Å². The summed E-state index contributed by atoms with van der Waals surface area (Å²) >= 11 is 0. The van der Waals surface area contributed by atoms with Gasteiger partial charge in [0.2, 0.25) is 5.91 Å². The minimum absolute atomic E-state index is 0.0731. The molecule has 4 heteroatoms. The molecule has 1 atom stereocenters. The van der Waals surface area contributed by atoms with Gasteiger partial charge < -0.3 is 10.1 Å². The molecule has 0 aromatic carbocycles. The number of aromatic nitrogens is 1. The summed E-state index contributed by atoms with van der Waals surface area (Å²) in [6.07, 6.45) is 4.36. The standard InChI is InChI=1S/C10H12N2O2/c1-11-9(4-5-10(11)13)8-3-2-6-12(14)7-8/h2-3,6-7,9H,4-5H2,1H3/t9-/m0/s1. The summed E-state index contributed by atoms with van der Waals surface area (Å²) in [5, 5.41) is 11.0. The minimum atomic E-state index is 0.0731. The summed E-state index contributed by atoms with van der Waals surface area (Å²) in [6.45, 7) is 0. The fourth-order valence-electron chi connectivity index (χ4n) is 1.86. The van der Waals surface area contributed by atoms with Crippen molar-refractivity contribution in [1.82, 2.24) is 4.90 Å². The van der Waals surface area contributed by atoms with Crippen LogP contribution >= 0.6 is 0 Å². The van der Waals surface area contributed by atoms with E-state index < -0.39 is 0 Å². The van der Waals surface area contributed by atoms with Gasteiger partial charge in [0, 0.05) is 25.1 Å². The highest BCUT2D eigenvalue weighted by Gasteiger charge is 2.29. The van der Waals surface area contributed by atoms with Crippen LogP contribution in [0.15, 0.2) is 24.5 Å². The van der Waals surface area contributed by atoms with Crippen LogP contribution in [0.25, 0.3) is 0 Å². The number of pyridine rings is 1. The van der Waals surface area contributed by atoms with Gasteiger partial charge in [-0.1, -0.05) is 0 Å². The Morgan fingerprint density at radius 1 is 1.64 bits per heavy atom. The van der Waals surface area contributed by atoms with E-state index in [1.54, 1.807) is 18.0 Å². The molecule has 4 nitrogen and oxygen atoms in total. The summed E-state index contributed by atoms with van der Waals surface area (Å²) < 4.78 is 0.770. The van der Waals surface area contributed by atoms with Crippen molar-refractivity contribution in [2.45, 2.75) is 18.9 Å². The minimum Gasteiger partial charge on any atom is -0.619 e. The van der Waals surface area contributed by atoms with E-state index in [0.29, 0.717) is 6.42 Å². The lowest BCUT2D eigenvalue weighted by Gasteiger charge is -2.18. The Hall–Kier alpha value is -1.58. The first-order valence-corrected chi connectivity index (χ1v) is 4.63. The molecule has 1 aliphatic rings. The Labute approximate surface area is 82.3 Å². The fraction of sp³-hybridized carbons (Fsp3) is 0.400. The lowest BCUT2D eigenvalue weighted by molar-refractivity contribution is -0.606. The number of amides is 1. The number of nitrogens with zero attached hydrogens (tertiary/aromatic N) is 2. The van der Waals surface area contributed by atoms with Gasteiger partial charge in [-0.25, -0.2) is 0 Å². The molecule has 0 aliphatic carbocycles. The van der Waals surface area contributed by atoms with E-state index in [9.17, 15) is 10.0 Å². The molecule has 2 heterocycles. The summed E-state index contributed by atoms with van der Waals surface area (Å²) in [4.78, 5) is 13.0. The van der Waals surface area contributed by atoms with Gasteiger partial charge in [-0.2, -0.15) is 4.73 Å². The molecule has 0 bridgehead atoms. The molecule has 0 spiro atoms. The molecule has 14 heavy (non-hydrogen) atoms. The van der Waals surface area contributed by atoms with Gasteiger partial charge in [-0.3, -0.25) is 4.79 Å². The highest BCUT2D eigenvalue weighted by molar-refractivity contribution is 5.78. The topological polar surface area (TPSA) is 47.2 Å². The predicted molar refractivity (Wildman–Crippen MR) is 50.1 cm³/mol. The molecule has 1 aromatic rings. The normalized spacial score (nSPS) is 21.6. The Morgan fingerprint density at radius 2 is 2.43 bits per heavy atom. The van der Waals surface area contributed by atoms with Crippen LogP contribution in [0.5, 0.6) is 0 Å². The fourth-order valence-corrected chi connectivity index (χ4v) is 1.86. The third kappa shape index (κ3) is 1.43. The van der Waals surface area contributed by atoms with Crippen LogP contribution in [-0.2, 0) is 4.79 Å². The van der Waals surface area contributed by atoms with Gasteiger partial charge in [0.1, 0.15) is 0 Å². The number of carbonyl (C=O) groups is 1. The number of likely N-dealkylation sites (tertiary alicyclic amines) is 1. The maximum atomic E-state index is 11.3. The summed E-state index contributed by atoms with van der Waals surface area (Å²) in [5.74, 6) is 0.149. The molecule has 1 aromatic heterocycles. The zero-order valence-corrected chi connectivity index (χ0v) is 8.01. The highest BCUT2D eigenvalue weighted by Crippen LogP contribution is 2.30. The van der Waals surface area contributed by atoms with E-state index in [0.717, 1.165) is 16.7 Å². The number of carbonyl (C=O) groups excluding carboxylic acids is 1. The van der Waals surface area contributed by atoms with Crippen LogP contribution in [0.1, 0.15) is 24.4 Å². The Bertz CT molecular complexity index is 365. The van der Waals surface area contributed by atoms with Crippen molar-refractivity contribution < 1.29 is 9.52 Å². The van der Waals surface area contributed by atoms with Crippen LogP contribution in [-0.4, -0.2) is 17.9 Å². The van der Waals surface area contributed by atoms with Crippen molar-refractivity contribution in [3.63, 3.8) is 0 Å². The van der Waals surface area contributed by atoms with E-state index in [1.807, 2.05) is 6.07 Å². The second-order valence-electron chi connectivity index (χ2n) is 3.56. The van der Waals surface area contributed by atoms with Gasteiger partial charge in [0.15, 0.2) is 12.4 Å². The molecule has 0 radical (unpaired) electrons. The van der Waals surface area contributed by atoms with Gasteiger partial charge in [0.25, 0.3) is 0 Å². The molecule has 1 fully saturated rings. The number of hydrogen-bond acceptors (Lipinski definition) is 2. The zero-order chi connectivity index (χ0) is 10.1. The average Bonchev–Trinajstić information content (AvgIpc) is 2.48. The smallest absolute Gasteiger partial charge is 0.222 e. The van der Waals surface area contributed by atoms with Crippen molar-refractivity contribution in [3.8, 4) is 0 Å². The first-order valence-electron chi connectivity index (χ1n) is 4.63. The molecule has 2 rings (SSSR count). The Morgan fingerprint density at radius 3 is 3.00 bits per heavy atom. The predicted octanol–water partition coefficient (Wildman–Crippen LogP) is 0.613. The Kier molecular flexibility index (Phi) is 2.11. The van der Waals surface area contributed by atoms with E-state index >= 15 is 0 Å². The molecule has 0 unspecified atom stereocenters. The quantitative estimate of drug-likeness (QED) is 0.483. The van der Waals surface area contributed by atoms with Gasteiger partial charge in [-0.05, 0) is 12.5 Å². The summed E-state index contributed by atoms with van der Waals surface area (Å²) in [5.41, 5.74) is 0.913. The lowest BCUT2D eigenvalue weighted by atomic mass is 10.1. The maximum Gasteiger partial charge on any atom is 0.222 e. The van der Waals surface area contributed by atoms with Crippen LogP contribution in [0.3, 0.4) is 0 Å². The molecule has 1 saturated heterocycles. The first-order chi connectivity index (χ1) is 6.68. The number of rotatable bonds is 1. The first kappa shape index (κ1) is 8.99. The van der Waals surface area contributed by atoms with Crippen molar-refractivity contribution in [1.29, 1.82) is 0 Å².